The lowest BCUT2D eigenvalue weighted by atomic mass is 9.82. The number of methoxy groups -OCH3 is 2. The van der Waals surface area contributed by atoms with Gasteiger partial charge in [-0.2, -0.15) is 13.2 Å². The van der Waals surface area contributed by atoms with Crippen molar-refractivity contribution in [2.75, 3.05) is 14.2 Å². The maximum atomic E-state index is 13.4. The van der Waals surface area contributed by atoms with Crippen LogP contribution in [0.3, 0.4) is 0 Å². The van der Waals surface area contributed by atoms with Gasteiger partial charge in [0.25, 0.3) is 0 Å². The van der Waals surface area contributed by atoms with Gasteiger partial charge in [-0.05, 0) is 86.5 Å². The molecule has 0 spiro atoms. The van der Waals surface area contributed by atoms with E-state index in [2.05, 4.69) is 50.3 Å². The second-order valence-electron chi connectivity index (χ2n) is 8.58. The molecular weight excluding hydrogens is 540 g/mol. The minimum absolute atomic E-state index is 0.134. The van der Waals surface area contributed by atoms with Crippen LogP contribution in [0.5, 0.6) is 11.5 Å². The molecule has 0 atom stereocenters. The lowest BCUT2D eigenvalue weighted by Crippen LogP contribution is -2.06. The molecule has 0 saturated heterocycles. The van der Waals surface area contributed by atoms with Crippen LogP contribution >= 0.6 is 22.6 Å². The van der Waals surface area contributed by atoms with E-state index in [1.165, 1.54) is 12.1 Å². The number of ether oxygens (including phenoxy) is 2. The van der Waals surface area contributed by atoms with Crippen molar-refractivity contribution in [2.45, 2.75) is 45.7 Å². The molecule has 0 radical (unpaired) electrons. The highest BCUT2D eigenvalue weighted by molar-refractivity contribution is 14.1. The first-order valence-electron chi connectivity index (χ1n) is 10.8. The smallest absolute Gasteiger partial charge is 0.416 e. The Hall–Kier alpha value is -2.22. The Morgan fingerprint density at radius 2 is 1.27 bits per heavy atom. The summed E-state index contributed by atoms with van der Waals surface area (Å²) in [6.45, 7) is 8.38. The van der Waals surface area contributed by atoms with Gasteiger partial charge in [-0.1, -0.05) is 52.0 Å². The van der Waals surface area contributed by atoms with Crippen LogP contribution in [0.25, 0.3) is 22.3 Å². The predicted octanol–water partition coefficient (Wildman–Crippen LogP) is 8.91. The van der Waals surface area contributed by atoms with Gasteiger partial charge in [-0.25, -0.2) is 0 Å². The Labute approximate surface area is 207 Å². The third-order valence-electron chi connectivity index (χ3n) is 5.72. The van der Waals surface area contributed by atoms with Crippen LogP contribution < -0.4 is 9.47 Å². The van der Waals surface area contributed by atoms with Crippen molar-refractivity contribution >= 4 is 22.6 Å². The average molecular weight is 568 g/mol. The highest BCUT2D eigenvalue weighted by Crippen LogP contribution is 2.47. The molecule has 2 nitrogen and oxygen atoms in total. The van der Waals surface area contributed by atoms with Gasteiger partial charge in [0.1, 0.15) is 11.5 Å². The maximum Gasteiger partial charge on any atom is 0.416 e. The van der Waals surface area contributed by atoms with E-state index in [0.29, 0.717) is 5.56 Å². The number of hydrogen-bond donors (Lipinski definition) is 0. The third-order valence-corrected chi connectivity index (χ3v) is 6.80. The number of rotatable bonds is 6. The van der Waals surface area contributed by atoms with Crippen molar-refractivity contribution in [3.63, 3.8) is 0 Å². The summed E-state index contributed by atoms with van der Waals surface area (Å²) >= 11 is 2.28. The fraction of sp³-hybridized carbons (Fsp3) is 0.333. The summed E-state index contributed by atoms with van der Waals surface area (Å²) in [4.78, 5) is 0. The van der Waals surface area contributed by atoms with Gasteiger partial charge in [0.15, 0.2) is 0 Å². The monoisotopic (exact) mass is 568 g/mol. The molecule has 0 saturated carbocycles. The van der Waals surface area contributed by atoms with Crippen LogP contribution in [0.2, 0.25) is 0 Å². The van der Waals surface area contributed by atoms with Gasteiger partial charge in [-0.15, -0.1) is 0 Å². The van der Waals surface area contributed by atoms with E-state index in [4.69, 9.17) is 9.47 Å². The molecule has 0 aliphatic heterocycles. The molecule has 3 rings (SSSR count). The Kier molecular flexibility index (Phi) is 7.66. The second kappa shape index (κ2) is 9.95. The van der Waals surface area contributed by atoms with E-state index in [-0.39, 0.29) is 11.8 Å². The van der Waals surface area contributed by atoms with Crippen LogP contribution in [0.15, 0.2) is 48.5 Å². The Balaban J connectivity index is 2.38. The molecule has 0 bridgehead atoms. The lowest BCUT2D eigenvalue weighted by Gasteiger charge is -2.25. The minimum Gasteiger partial charge on any atom is -0.496 e. The molecule has 176 valence electrons. The van der Waals surface area contributed by atoms with E-state index in [0.717, 1.165) is 49.0 Å². The van der Waals surface area contributed by atoms with Gasteiger partial charge in [0.2, 0.25) is 0 Å². The Morgan fingerprint density at radius 3 is 1.76 bits per heavy atom. The molecule has 0 heterocycles. The van der Waals surface area contributed by atoms with Crippen LogP contribution in [0.4, 0.5) is 13.2 Å². The molecule has 0 aliphatic carbocycles. The average Bonchev–Trinajstić information content (AvgIpc) is 2.77. The second-order valence-corrected chi connectivity index (χ2v) is 9.66. The summed E-state index contributed by atoms with van der Waals surface area (Å²) in [5.41, 5.74) is 4.78. The van der Waals surface area contributed by atoms with Crippen LogP contribution in [0.1, 0.15) is 56.2 Å². The number of halogens is 4. The summed E-state index contributed by atoms with van der Waals surface area (Å²) < 4.78 is 52.3. The molecule has 3 aromatic carbocycles. The van der Waals surface area contributed by atoms with Crippen molar-refractivity contribution in [3.8, 4) is 33.8 Å². The summed E-state index contributed by atoms with van der Waals surface area (Å²) in [5, 5.41) is 0. The topological polar surface area (TPSA) is 18.5 Å². The quantitative estimate of drug-likeness (QED) is 0.277. The fourth-order valence-corrected chi connectivity index (χ4v) is 4.96. The molecule has 0 aromatic heterocycles. The predicted molar refractivity (Wildman–Crippen MR) is 136 cm³/mol. The molecule has 33 heavy (non-hydrogen) atoms. The highest BCUT2D eigenvalue weighted by Gasteiger charge is 2.31. The molecule has 0 N–H and O–H groups in total. The first-order chi connectivity index (χ1) is 15.5. The lowest BCUT2D eigenvalue weighted by molar-refractivity contribution is -0.137. The van der Waals surface area contributed by atoms with E-state index in [1.807, 2.05) is 24.3 Å². The normalized spacial score (nSPS) is 11.9. The van der Waals surface area contributed by atoms with Gasteiger partial charge in [0.05, 0.1) is 23.4 Å². The van der Waals surface area contributed by atoms with Gasteiger partial charge < -0.3 is 9.47 Å². The minimum atomic E-state index is -4.39. The van der Waals surface area contributed by atoms with E-state index < -0.39 is 11.7 Å². The SMILES string of the molecule is COc1ccc(OC)c(-c2c(C(C)C)cc(-c3cccc(C(F)(F)F)c3)cc2C(C)C)c1I. The molecule has 6 heteroatoms. The zero-order valence-corrected chi connectivity index (χ0v) is 21.8. The van der Waals surface area contributed by atoms with Gasteiger partial charge in [-0.3, -0.25) is 0 Å². The van der Waals surface area contributed by atoms with Crippen molar-refractivity contribution < 1.29 is 22.6 Å². The van der Waals surface area contributed by atoms with E-state index in [1.54, 1.807) is 20.3 Å². The van der Waals surface area contributed by atoms with Crippen LogP contribution in [-0.4, -0.2) is 14.2 Å². The molecule has 0 unspecified atom stereocenters. The van der Waals surface area contributed by atoms with Crippen LogP contribution in [0, 0.1) is 3.57 Å². The van der Waals surface area contributed by atoms with Crippen molar-refractivity contribution in [3.05, 3.63) is 68.8 Å². The molecule has 0 amide bonds. The zero-order valence-electron chi connectivity index (χ0n) is 19.6. The number of alkyl halides is 3. The maximum absolute atomic E-state index is 13.4. The first kappa shape index (κ1) is 25.4. The third kappa shape index (κ3) is 5.15. The summed E-state index contributed by atoms with van der Waals surface area (Å²) in [7, 11) is 3.28. The van der Waals surface area contributed by atoms with Gasteiger partial charge in [0, 0.05) is 5.56 Å². The summed E-state index contributed by atoms with van der Waals surface area (Å²) in [6.07, 6.45) is -4.39. The Bertz CT molecular complexity index is 1120. The van der Waals surface area contributed by atoms with Crippen molar-refractivity contribution in [1.82, 2.24) is 0 Å². The standard InChI is InChI=1S/C27H28F3IO2/c1-15(2)20-13-18(17-8-7-9-19(12-17)27(28,29)30)14-21(16(3)4)24(20)25-22(32-5)10-11-23(33-6)26(25)31/h7-16H,1-6H3. The molecule has 3 aromatic rings. The molecule has 0 aliphatic rings. The molecule has 0 fully saturated rings. The summed E-state index contributed by atoms with van der Waals surface area (Å²) in [6, 6.07) is 13.3. The fourth-order valence-electron chi connectivity index (χ4n) is 4.03. The highest BCUT2D eigenvalue weighted by atomic mass is 127. The Morgan fingerprint density at radius 1 is 0.727 bits per heavy atom. The number of benzene rings is 3. The van der Waals surface area contributed by atoms with Gasteiger partial charge >= 0.3 is 6.18 Å². The zero-order chi connectivity index (χ0) is 24.5. The van der Waals surface area contributed by atoms with Crippen molar-refractivity contribution in [1.29, 1.82) is 0 Å². The number of hydrogen-bond acceptors (Lipinski definition) is 2. The van der Waals surface area contributed by atoms with Crippen LogP contribution in [-0.2, 0) is 6.18 Å². The molecular formula is C27H28F3IO2. The largest absolute Gasteiger partial charge is 0.496 e. The summed E-state index contributed by atoms with van der Waals surface area (Å²) in [5.74, 6) is 1.75. The van der Waals surface area contributed by atoms with Crippen molar-refractivity contribution in [2.24, 2.45) is 0 Å². The van der Waals surface area contributed by atoms with E-state index >= 15 is 0 Å². The first-order valence-corrected chi connectivity index (χ1v) is 11.8. The van der Waals surface area contributed by atoms with E-state index in [9.17, 15) is 13.2 Å².